The Hall–Kier alpha value is -1.20. The number of unbranched alkanes of at least 4 members (excludes halogenated alkanes) is 1. The lowest BCUT2D eigenvalue weighted by Gasteiger charge is -2.11. The van der Waals surface area contributed by atoms with Crippen molar-refractivity contribution in [1.82, 2.24) is 0 Å². The van der Waals surface area contributed by atoms with Gasteiger partial charge in [0.25, 0.3) is 0 Å². The summed E-state index contributed by atoms with van der Waals surface area (Å²) in [6.45, 7) is 1.47. The van der Waals surface area contributed by atoms with Gasteiger partial charge in [0.2, 0.25) is 0 Å². The van der Waals surface area contributed by atoms with Crippen molar-refractivity contribution in [3.8, 4) is 0 Å². The van der Waals surface area contributed by atoms with E-state index in [0.29, 0.717) is 5.69 Å². The molecule has 0 aliphatic heterocycles. The normalized spacial score (nSPS) is 10.2. The minimum absolute atomic E-state index is 0.0718. The highest BCUT2D eigenvalue weighted by Crippen LogP contribution is 2.18. The van der Waals surface area contributed by atoms with Crippen molar-refractivity contribution in [2.24, 2.45) is 5.73 Å². The van der Waals surface area contributed by atoms with Crippen LogP contribution in [-0.4, -0.2) is 25.2 Å². The third kappa shape index (κ3) is 4.28. The number of rotatable bonds is 7. The van der Waals surface area contributed by atoms with Gasteiger partial charge in [-0.2, -0.15) is 0 Å². The van der Waals surface area contributed by atoms with Crippen LogP contribution in [-0.2, 0) is 4.74 Å². The van der Waals surface area contributed by atoms with Crippen LogP contribution < -0.4 is 11.1 Å². The third-order valence-electron chi connectivity index (χ3n) is 2.35. The van der Waals surface area contributed by atoms with Gasteiger partial charge in [-0.3, -0.25) is 0 Å². The van der Waals surface area contributed by atoms with E-state index >= 15 is 0 Å². The maximum Gasteiger partial charge on any atom is 0.135 e. The van der Waals surface area contributed by atoms with E-state index in [-0.39, 0.29) is 16.4 Å². The van der Waals surface area contributed by atoms with Crippen LogP contribution in [0.5, 0.6) is 0 Å². The van der Waals surface area contributed by atoms with Gasteiger partial charge >= 0.3 is 0 Å². The molecule has 1 aromatic carbocycles. The Morgan fingerprint density at radius 3 is 2.88 bits per heavy atom. The number of anilines is 1. The molecule has 0 saturated heterocycles. The first-order chi connectivity index (χ1) is 8.16. The largest absolute Gasteiger partial charge is 0.389 e. The average molecular weight is 256 g/mol. The molecule has 94 valence electrons. The van der Waals surface area contributed by atoms with Crippen molar-refractivity contribution in [3.05, 3.63) is 29.6 Å². The Labute approximate surface area is 106 Å². The highest BCUT2D eigenvalue weighted by Gasteiger charge is 2.10. The molecule has 3 nitrogen and oxygen atoms in total. The number of hydrogen-bond acceptors (Lipinski definition) is 3. The zero-order valence-corrected chi connectivity index (χ0v) is 10.6. The van der Waals surface area contributed by atoms with E-state index in [4.69, 9.17) is 22.7 Å². The predicted molar refractivity (Wildman–Crippen MR) is 71.9 cm³/mol. The number of nitrogens with one attached hydrogen (secondary N) is 1. The first kappa shape index (κ1) is 13.9. The number of ether oxygens (including phenoxy) is 1. The van der Waals surface area contributed by atoms with E-state index in [0.717, 1.165) is 26.0 Å². The molecule has 0 saturated carbocycles. The molecule has 0 bridgehead atoms. The molecule has 3 N–H and O–H groups in total. The number of thiocarbonyl (C=S) groups is 1. The SMILES string of the molecule is COCCCCNc1cccc(F)c1C(N)=S. The molecular formula is C12H17FN2OS. The van der Waals surface area contributed by atoms with Crippen LogP contribution in [0.2, 0.25) is 0 Å². The van der Waals surface area contributed by atoms with Crippen LogP contribution >= 0.6 is 12.2 Å². The fourth-order valence-electron chi connectivity index (χ4n) is 1.52. The van der Waals surface area contributed by atoms with Gasteiger partial charge in [-0.25, -0.2) is 4.39 Å². The monoisotopic (exact) mass is 256 g/mol. The molecule has 1 aromatic rings. The second-order valence-electron chi connectivity index (χ2n) is 3.65. The van der Waals surface area contributed by atoms with Crippen molar-refractivity contribution in [2.75, 3.05) is 25.6 Å². The van der Waals surface area contributed by atoms with Crippen LogP contribution in [0.4, 0.5) is 10.1 Å². The summed E-state index contributed by atoms with van der Waals surface area (Å²) < 4.78 is 18.4. The Kier molecular flexibility index (Phi) is 5.86. The minimum atomic E-state index is -0.389. The molecule has 0 atom stereocenters. The summed E-state index contributed by atoms with van der Waals surface area (Å²) in [4.78, 5) is 0.0718. The van der Waals surface area contributed by atoms with Gasteiger partial charge in [-0.15, -0.1) is 0 Å². The number of nitrogens with two attached hydrogens (primary N) is 1. The lowest BCUT2D eigenvalue weighted by molar-refractivity contribution is 0.194. The van der Waals surface area contributed by atoms with Crippen molar-refractivity contribution in [2.45, 2.75) is 12.8 Å². The lowest BCUT2D eigenvalue weighted by Crippen LogP contribution is -2.16. The number of methoxy groups -OCH3 is 1. The summed E-state index contributed by atoms with van der Waals surface area (Å²) in [7, 11) is 1.67. The average Bonchev–Trinajstić information content (AvgIpc) is 2.28. The molecule has 0 fully saturated rings. The highest BCUT2D eigenvalue weighted by molar-refractivity contribution is 7.80. The van der Waals surface area contributed by atoms with Crippen molar-refractivity contribution in [1.29, 1.82) is 0 Å². The van der Waals surface area contributed by atoms with E-state index < -0.39 is 0 Å². The molecule has 17 heavy (non-hydrogen) atoms. The summed E-state index contributed by atoms with van der Waals surface area (Å²) >= 11 is 4.84. The number of benzene rings is 1. The molecule has 0 heterocycles. The molecule has 0 unspecified atom stereocenters. The van der Waals surface area contributed by atoms with Gasteiger partial charge in [0.05, 0.1) is 5.56 Å². The molecular weight excluding hydrogens is 239 g/mol. The Bertz CT molecular complexity index is 385. The number of halogens is 1. The third-order valence-corrected chi connectivity index (χ3v) is 2.55. The summed E-state index contributed by atoms with van der Waals surface area (Å²) in [5.41, 5.74) is 6.43. The standard InChI is InChI=1S/C12H17FN2OS/c1-16-8-3-2-7-15-10-6-4-5-9(13)11(10)12(14)17/h4-6,15H,2-3,7-8H2,1H3,(H2,14,17). The van der Waals surface area contributed by atoms with E-state index in [2.05, 4.69) is 5.32 Å². The van der Waals surface area contributed by atoms with E-state index in [1.807, 2.05) is 0 Å². The van der Waals surface area contributed by atoms with Gasteiger partial charge in [0, 0.05) is 25.9 Å². The molecule has 0 radical (unpaired) electrons. The zero-order chi connectivity index (χ0) is 12.7. The van der Waals surface area contributed by atoms with Crippen LogP contribution in [0.25, 0.3) is 0 Å². The van der Waals surface area contributed by atoms with Gasteiger partial charge in [-0.1, -0.05) is 18.3 Å². The van der Waals surface area contributed by atoms with Crippen LogP contribution in [0, 0.1) is 5.82 Å². The molecule has 0 aromatic heterocycles. The fraction of sp³-hybridized carbons (Fsp3) is 0.417. The Morgan fingerprint density at radius 1 is 1.47 bits per heavy atom. The van der Waals surface area contributed by atoms with Gasteiger partial charge < -0.3 is 15.8 Å². The van der Waals surface area contributed by atoms with Crippen molar-refractivity contribution >= 4 is 22.9 Å². The topological polar surface area (TPSA) is 47.3 Å². The molecule has 0 aliphatic rings. The van der Waals surface area contributed by atoms with Crippen molar-refractivity contribution in [3.63, 3.8) is 0 Å². The van der Waals surface area contributed by atoms with Crippen LogP contribution in [0.1, 0.15) is 18.4 Å². The molecule has 0 aliphatic carbocycles. The maximum atomic E-state index is 13.5. The molecule has 1 rings (SSSR count). The smallest absolute Gasteiger partial charge is 0.135 e. The van der Waals surface area contributed by atoms with E-state index in [9.17, 15) is 4.39 Å². The number of hydrogen-bond donors (Lipinski definition) is 2. The van der Waals surface area contributed by atoms with E-state index in [1.54, 1.807) is 19.2 Å². The maximum absolute atomic E-state index is 13.5. The summed E-state index contributed by atoms with van der Waals surface area (Å²) in [6, 6.07) is 4.76. The summed E-state index contributed by atoms with van der Waals surface area (Å²) in [6.07, 6.45) is 1.91. The predicted octanol–water partition coefficient (Wildman–Crippen LogP) is 2.30. The molecule has 0 amide bonds. The molecule has 5 heteroatoms. The zero-order valence-electron chi connectivity index (χ0n) is 9.83. The first-order valence-electron chi connectivity index (χ1n) is 5.48. The summed E-state index contributed by atoms with van der Waals surface area (Å²) in [5, 5.41) is 3.13. The van der Waals surface area contributed by atoms with Crippen LogP contribution in [0.3, 0.4) is 0 Å². The quantitative estimate of drug-likeness (QED) is 0.580. The first-order valence-corrected chi connectivity index (χ1v) is 5.88. The second-order valence-corrected chi connectivity index (χ2v) is 4.09. The fourth-order valence-corrected chi connectivity index (χ4v) is 1.72. The van der Waals surface area contributed by atoms with Crippen LogP contribution in [0.15, 0.2) is 18.2 Å². The van der Waals surface area contributed by atoms with Gasteiger partial charge in [0.15, 0.2) is 0 Å². The van der Waals surface area contributed by atoms with Gasteiger partial charge in [0.1, 0.15) is 10.8 Å². The molecule has 0 spiro atoms. The highest BCUT2D eigenvalue weighted by atomic mass is 32.1. The van der Waals surface area contributed by atoms with Gasteiger partial charge in [-0.05, 0) is 25.0 Å². The Morgan fingerprint density at radius 2 is 2.24 bits per heavy atom. The summed E-state index contributed by atoms with van der Waals surface area (Å²) in [5.74, 6) is -0.389. The lowest BCUT2D eigenvalue weighted by atomic mass is 10.1. The Balaban J connectivity index is 2.58. The van der Waals surface area contributed by atoms with Crippen molar-refractivity contribution < 1.29 is 9.13 Å². The second kappa shape index (κ2) is 7.19. The minimum Gasteiger partial charge on any atom is -0.389 e. The van der Waals surface area contributed by atoms with E-state index in [1.165, 1.54) is 6.07 Å².